The fourth-order valence-corrected chi connectivity index (χ4v) is 2.42. The number of anilines is 1. The van der Waals surface area contributed by atoms with Crippen LogP contribution < -0.4 is 10.2 Å². The predicted octanol–water partition coefficient (Wildman–Crippen LogP) is 2.84. The van der Waals surface area contributed by atoms with Crippen LogP contribution in [0.1, 0.15) is 33.4 Å². The standard InChI is InChI=1S/C18H24ClN3O3/c1-13(21-17(23)25-18(2,3)4)5-6-15-16(11-14(19)12-20-15)22-7-9-24-10-8-22/h11-13H,7-10H2,1-4H3,(H,21,23)/t13-/m1/s1. The molecule has 1 aromatic heterocycles. The molecular formula is C18H24ClN3O3. The number of nitrogens with one attached hydrogen (secondary N) is 1. The van der Waals surface area contributed by atoms with E-state index in [1.165, 1.54) is 0 Å². The molecule has 1 amide bonds. The Hall–Kier alpha value is -1.97. The Bertz CT molecular complexity index is 670. The van der Waals surface area contributed by atoms with E-state index in [0.29, 0.717) is 23.9 Å². The van der Waals surface area contributed by atoms with Gasteiger partial charge in [0.15, 0.2) is 0 Å². The van der Waals surface area contributed by atoms with Gasteiger partial charge in [0, 0.05) is 19.3 Å². The molecule has 1 aromatic rings. The van der Waals surface area contributed by atoms with Gasteiger partial charge in [0.25, 0.3) is 0 Å². The lowest BCUT2D eigenvalue weighted by molar-refractivity contribution is 0.0519. The average Bonchev–Trinajstić information content (AvgIpc) is 2.52. The maximum Gasteiger partial charge on any atom is 0.408 e. The van der Waals surface area contributed by atoms with Crippen molar-refractivity contribution in [2.75, 3.05) is 31.2 Å². The minimum absolute atomic E-state index is 0.370. The second kappa shape index (κ2) is 8.41. The molecule has 0 bridgehead atoms. The summed E-state index contributed by atoms with van der Waals surface area (Å²) in [4.78, 5) is 18.3. The molecule has 0 saturated carbocycles. The monoisotopic (exact) mass is 365 g/mol. The van der Waals surface area contributed by atoms with Crippen LogP contribution in [0.4, 0.5) is 10.5 Å². The average molecular weight is 366 g/mol. The highest BCUT2D eigenvalue weighted by atomic mass is 35.5. The number of rotatable bonds is 2. The molecule has 25 heavy (non-hydrogen) atoms. The topological polar surface area (TPSA) is 63.7 Å². The third-order valence-corrected chi connectivity index (χ3v) is 3.53. The Morgan fingerprint density at radius 3 is 2.76 bits per heavy atom. The number of hydrogen-bond acceptors (Lipinski definition) is 5. The van der Waals surface area contributed by atoms with E-state index < -0.39 is 11.7 Å². The molecule has 136 valence electrons. The summed E-state index contributed by atoms with van der Waals surface area (Å²) in [7, 11) is 0. The number of carbonyl (C=O) groups excluding carboxylic acids is 1. The number of aromatic nitrogens is 1. The molecule has 1 saturated heterocycles. The van der Waals surface area contributed by atoms with Crippen molar-refractivity contribution in [2.45, 2.75) is 39.3 Å². The summed E-state index contributed by atoms with van der Waals surface area (Å²) in [5.74, 6) is 6.02. The fraction of sp³-hybridized carbons (Fsp3) is 0.556. The van der Waals surface area contributed by atoms with E-state index in [1.807, 2.05) is 26.8 Å². The molecule has 0 radical (unpaired) electrons. The van der Waals surface area contributed by atoms with Gasteiger partial charge >= 0.3 is 6.09 Å². The Balaban J connectivity index is 2.09. The Labute approximate surface area is 153 Å². The highest BCUT2D eigenvalue weighted by molar-refractivity contribution is 6.30. The van der Waals surface area contributed by atoms with Crippen molar-refractivity contribution in [2.24, 2.45) is 0 Å². The zero-order valence-electron chi connectivity index (χ0n) is 15.1. The van der Waals surface area contributed by atoms with Crippen LogP contribution in [0.3, 0.4) is 0 Å². The number of hydrogen-bond donors (Lipinski definition) is 1. The highest BCUT2D eigenvalue weighted by Gasteiger charge is 2.18. The van der Waals surface area contributed by atoms with Gasteiger partial charge in [-0.25, -0.2) is 9.78 Å². The highest BCUT2D eigenvalue weighted by Crippen LogP contribution is 2.23. The van der Waals surface area contributed by atoms with Crippen molar-refractivity contribution >= 4 is 23.4 Å². The van der Waals surface area contributed by atoms with Crippen LogP contribution in [0.15, 0.2) is 12.3 Å². The van der Waals surface area contributed by atoms with Crippen LogP contribution in [0, 0.1) is 11.8 Å². The van der Waals surface area contributed by atoms with Gasteiger partial charge in [-0.05, 0) is 39.7 Å². The number of halogens is 1. The molecule has 7 heteroatoms. The molecule has 0 unspecified atom stereocenters. The molecule has 6 nitrogen and oxygen atoms in total. The lowest BCUT2D eigenvalue weighted by atomic mass is 10.2. The van der Waals surface area contributed by atoms with Gasteiger partial charge < -0.3 is 19.7 Å². The summed E-state index contributed by atoms with van der Waals surface area (Å²) in [6.07, 6.45) is 1.08. The first-order chi connectivity index (χ1) is 11.7. The van der Waals surface area contributed by atoms with E-state index in [1.54, 1.807) is 13.1 Å². The molecule has 0 spiro atoms. The maximum atomic E-state index is 11.8. The zero-order valence-corrected chi connectivity index (χ0v) is 15.8. The van der Waals surface area contributed by atoms with Gasteiger partial charge in [-0.3, -0.25) is 0 Å². The molecule has 1 fully saturated rings. The summed E-state index contributed by atoms with van der Waals surface area (Å²) < 4.78 is 10.6. The second-order valence-electron chi connectivity index (χ2n) is 6.76. The molecule has 0 aliphatic carbocycles. The van der Waals surface area contributed by atoms with Crippen LogP contribution in [0.5, 0.6) is 0 Å². The molecular weight excluding hydrogens is 342 g/mol. The number of ether oxygens (including phenoxy) is 2. The van der Waals surface area contributed by atoms with Gasteiger partial charge in [-0.2, -0.15) is 0 Å². The first kappa shape index (κ1) is 19.4. The predicted molar refractivity (Wildman–Crippen MR) is 98.0 cm³/mol. The third kappa shape index (κ3) is 6.45. The van der Waals surface area contributed by atoms with E-state index >= 15 is 0 Å². The normalized spacial score (nSPS) is 15.8. The van der Waals surface area contributed by atoms with Crippen molar-refractivity contribution in [1.82, 2.24) is 10.3 Å². The fourth-order valence-electron chi connectivity index (χ4n) is 2.27. The van der Waals surface area contributed by atoms with Crippen LogP contribution in [-0.2, 0) is 9.47 Å². The van der Waals surface area contributed by atoms with Crippen LogP contribution >= 0.6 is 11.6 Å². The lowest BCUT2D eigenvalue weighted by Crippen LogP contribution is -2.37. The van der Waals surface area contributed by atoms with Crippen molar-refractivity contribution in [3.8, 4) is 11.8 Å². The van der Waals surface area contributed by atoms with Crippen molar-refractivity contribution in [3.63, 3.8) is 0 Å². The summed E-state index contributed by atoms with van der Waals surface area (Å²) in [6.45, 7) is 10.1. The van der Waals surface area contributed by atoms with Gasteiger partial charge in [0.2, 0.25) is 0 Å². The van der Waals surface area contributed by atoms with Crippen LogP contribution in [-0.4, -0.2) is 49.0 Å². The smallest absolute Gasteiger partial charge is 0.408 e. The number of nitrogens with zero attached hydrogens (tertiary/aromatic N) is 2. The Kier molecular flexibility index (Phi) is 6.51. The lowest BCUT2D eigenvalue weighted by Gasteiger charge is -2.29. The summed E-state index contributed by atoms with van der Waals surface area (Å²) in [6, 6.07) is 1.49. The molecule has 1 N–H and O–H groups in total. The van der Waals surface area contributed by atoms with Gasteiger partial charge in [0.1, 0.15) is 11.3 Å². The van der Waals surface area contributed by atoms with E-state index in [2.05, 4.69) is 27.0 Å². The minimum atomic E-state index is -0.543. The molecule has 1 atom stereocenters. The minimum Gasteiger partial charge on any atom is -0.444 e. The van der Waals surface area contributed by atoms with Crippen molar-refractivity contribution in [3.05, 3.63) is 23.0 Å². The molecule has 2 heterocycles. The number of carbonyl (C=O) groups is 1. The second-order valence-corrected chi connectivity index (χ2v) is 7.19. The number of alkyl carbamates (subject to hydrolysis) is 1. The van der Waals surface area contributed by atoms with Gasteiger partial charge in [0.05, 0.1) is 30.0 Å². The molecule has 1 aliphatic heterocycles. The van der Waals surface area contributed by atoms with Crippen molar-refractivity contribution in [1.29, 1.82) is 0 Å². The number of pyridine rings is 1. The first-order valence-electron chi connectivity index (χ1n) is 8.24. The van der Waals surface area contributed by atoms with E-state index in [4.69, 9.17) is 21.1 Å². The Morgan fingerprint density at radius 2 is 2.12 bits per heavy atom. The Morgan fingerprint density at radius 1 is 1.44 bits per heavy atom. The SMILES string of the molecule is C[C@H](C#Cc1ncc(Cl)cc1N1CCOCC1)NC(=O)OC(C)(C)C. The molecule has 0 aromatic carbocycles. The quantitative estimate of drug-likeness (QED) is 0.816. The summed E-state index contributed by atoms with van der Waals surface area (Å²) in [5.41, 5.74) is 0.968. The van der Waals surface area contributed by atoms with E-state index in [-0.39, 0.29) is 6.04 Å². The molecule has 2 rings (SSSR count). The maximum absolute atomic E-state index is 11.8. The van der Waals surface area contributed by atoms with Gasteiger partial charge in [-0.1, -0.05) is 17.5 Å². The van der Waals surface area contributed by atoms with E-state index in [9.17, 15) is 4.79 Å². The van der Waals surface area contributed by atoms with Crippen LogP contribution in [0.25, 0.3) is 0 Å². The number of amides is 1. The molecule has 1 aliphatic rings. The van der Waals surface area contributed by atoms with Crippen LogP contribution in [0.2, 0.25) is 5.02 Å². The third-order valence-electron chi connectivity index (χ3n) is 3.33. The summed E-state index contributed by atoms with van der Waals surface area (Å²) in [5, 5.41) is 3.26. The summed E-state index contributed by atoms with van der Waals surface area (Å²) >= 11 is 6.09. The van der Waals surface area contributed by atoms with E-state index in [0.717, 1.165) is 18.8 Å². The van der Waals surface area contributed by atoms with Crippen molar-refractivity contribution < 1.29 is 14.3 Å². The largest absolute Gasteiger partial charge is 0.444 e. The first-order valence-corrected chi connectivity index (χ1v) is 8.62. The zero-order chi connectivity index (χ0) is 18.4. The van der Waals surface area contributed by atoms with Gasteiger partial charge in [-0.15, -0.1) is 0 Å². The number of morpholine rings is 1.